The SMILES string of the molecule is C=CC(=O)OCCC[C@](S)(CCCCCCCC)C(OC)(OC)OC. The van der Waals surface area contributed by atoms with Gasteiger partial charge in [0.05, 0.1) is 11.4 Å². The number of rotatable bonds is 16. The van der Waals surface area contributed by atoms with Crippen LogP contribution in [0.25, 0.3) is 0 Å². The molecule has 0 bridgehead atoms. The molecule has 5 nitrogen and oxygen atoms in total. The van der Waals surface area contributed by atoms with E-state index in [0.717, 1.165) is 25.3 Å². The van der Waals surface area contributed by atoms with Crippen LogP contribution in [-0.2, 0) is 23.7 Å². The van der Waals surface area contributed by atoms with Crippen molar-refractivity contribution in [1.82, 2.24) is 0 Å². The molecule has 0 spiro atoms. The number of methoxy groups -OCH3 is 3. The van der Waals surface area contributed by atoms with Crippen molar-refractivity contribution in [2.24, 2.45) is 0 Å². The first-order chi connectivity index (χ1) is 11.9. The average Bonchev–Trinajstić information content (AvgIpc) is 2.63. The van der Waals surface area contributed by atoms with Crippen LogP contribution in [0, 0.1) is 0 Å². The summed E-state index contributed by atoms with van der Waals surface area (Å²) in [7, 11) is 4.66. The van der Waals surface area contributed by atoms with Crippen LogP contribution < -0.4 is 0 Å². The number of unbranched alkanes of at least 4 members (excludes halogenated alkanes) is 5. The molecule has 6 heteroatoms. The number of carbonyl (C=O) groups excluding carboxylic acids is 1. The maximum Gasteiger partial charge on any atom is 0.330 e. The molecule has 25 heavy (non-hydrogen) atoms. The zero-order valence-corrected chi connectivity index (χ0v) is 17.2. The molecule has 0 aliphatic heterocycles. The van der Waals surface area contributed by atoms with Gasteiger partial charge in [0.1, 0.15) is 0 Å². The van der Waals surface area contributed by atoms with Gasteiger partial charge in [-0.3, -0.25) is 0 Å². The highest BCUT2D eigenvalue weighted by molar-refractivity contribution is 7.81. The van der Waals surface area contributed by atoms with E-state index < -0.39 is 16.7 Å². The molecule has 0 heterocycles. The van der Waals surface area contributed by atoms with Gasteiger partial charge in [0.2, 0.25) is 0 Å². The van der Waals surface area contributed by atoms with Gasteiger partial charge in [-0.25, -0.2) is 4.79 Å². The lowest BCUT2D eigenvalue weighted by molar-refractivity contribution is -0.370. The number of hydrogen-bond acceptors (Lipinski definition) is 6. The first kappa shape index (κ1) is 24.4. The molecule has 0 fully saturated rings. The second kappa shape index (κ2) is 13.6. The quantitative estimate of drug-likeness (QED) is 0.141. The van der Waals surface area contributed by atoms with Gasteiger partial charge >= 0.3 is 5.97 Å². The van der Waals surface area contributed by atoms with E-state index >= 15 is 0 Å². The fourth-order valence-electron chi connectivity index (χ4n) is 3.05. The highest BCUT2D eigenvalue weighted by Gasteiger charge is 2.50. The van der Waals surface area contributed by atoms with Gasteiger partial charge < -0.3 is 18.9 Å². The van der Waals surface area contributed by atoms with E-state index in [1.807, 2.05) is 0 Å². The van der Waals surface area contributed by atoms with Gasteiger partial charge in [0, 0.05) is 27.4 Å². The van der Waals surface area contributed by atoms with Gasteiger partial charge in [-0.05, 0) is 19.3 Å². The summed E-state index contributed by atoms with van der Waals surface area (Å²) >= 11 is 4.89. The number of esters is 1. The summed E-state index contributed by atoms with van der Waals surface area (Å²) in [5.74, 6) is -1.65. The minimum Gasteiger partial charge on any atom is -0.463 e. The topological polar surface area (TPSA) is 54.0 Å². The highest BCUT2D eigenvalue weighted by Crippen LogP contribution is 2.41. The molecule has 0 rings (SSSR count). The molecular formula is C19H36O5S. The minimum absolute atomic E-state index is 0.302. The fourth-order valence-corrected chi connectivity index (χ4v) is 3.64. The second-order valence-corrected chi connectivity index (χ2v) is 7.05. The van der Waals surface area contributed by atoms with E-state index in [-0.39, 0.29) is 0 Å². The molecule has 148 valence electrons. The predicted molar refractivity (Wildman–Crippen MR) is 104 cm³/mol. The van der Waals surface area contributed by atoms with Gasteiger partial charge in [0.15, 0.2) is 0 Å². The third kappa shape index (κ3) is 8.11. The summed E-state index contributed by atoms with van der Waals surface area (Å²) in [5, 5.41) is 0. The summed E-state index contributed by atoms with van der Waals surface area (Å²) in [6, 6.07) is 0. The van der Waals surface area contributed by atoms with Crippen LogP contribution in [0.5, 0.6) is 0 Å². The molecule has 0 aliphatic carbocycles. The lowest BCUT2D eigenvalue weighted by Gasteiger charge is -2.44. The third-order valence-electron chi connectivity index (χ3n) is 4.47. The first-order valence-corrected chi connectivity index (χ1v) is 9.57. The number of hydrogen-bond donors (Lipinski definition) is 1. The molecule has 0 amide bonds. The normalized spacial score (nSPS) is 14.1. The molecule has 0 radical (unpaired) electrons. The van der Waals surface area contributed by atoms with Crippen molar-refractivity contribution in [3.05, 3.63) is 12.7 Å². The van der Waals surface area contributed by atoms with E-state index in [9.17, 15) is 4.79 Å². The van der Waals surface area contributed by atoms with Crippen LogP contribution in [0.1, 0.15) is 64.7 Å². The average molecular weight is 377 g/mol. The highest BCUT2D eigenvalue weighted by atomic mass is 32.1. The van der Waals surface area contributed by atoms with Gasteiger partial charge in [-0.2, -0.15) is 12.6 Å². The maximum absolute atomic E-state index is 11.2. The van der Waals surface area contributed by atoms with Gasteiger partial charge in [-0.15, -0.1) is 0 Å². The van der Waals surface area contributed by atoms with Crippen molar-refractivity contribution in [3.63, 3.8) is 0 Å². The number of ether oxygens (including phenoxy) is 4. The zero-order valence-electron chi connectivity index (χ0n) is 16.3. The van der Waals surface area contributed by atoms with Crippen molar-refractivity contribution >= 4 is 18.6 Å². The Balaban J connectivity index is 4.74. The second-order valence-electron chi connectivity index (χ2n) is 6.19. The summed E-state index contributed by atoms with van der Waals surface area (Å²) in [5.41, 5.74) is 0. The smallest absolute Gasteiger partial charge is 0.330 e. The van der Waals surface area contributed by atoms with Crippen LogP contribution >= 0.6 is 12.6 Å². The standard InChI is InChI=1S/C19H36O5S/c1-6-8-9-10-11-12-14-18(25,19(21-3,22-4)23-5)15-13-16-24-17(20)7-2/h7,25H,2,6,8-16H2,1,3-5H3/t18-/m1/s1. The van der Waals surface area contributed by atoms with Crippen LogP contribution in [0.3, 0.4) is 0 Å². The zero-order chi connectivity index (χ0) is 19.2. The third-order valence-corrected chi connectivity index (χ3v) is 5.19. The molecule has 0 saturated carbocycles. The molecule has 0 aromatic heterocycles. The Morgan fingerprint density at radius 2 is 1.48 bits per heavy atom. The van der Waals surface area contributed by atoms with Crippen LogP contribution in [0.15, 0.2) is 12.7 Å². The van der Waals surface area contributed by atoms with E-state index in [0.29, 0.717) is 19.4 Å². The molecule has 0 aromatic carbocycles. The summed E-state index contributed by atoms with van der Waals surface area (Å²) in [6.45, 7) is 5.90. The maximum atomic E-state index is 11.2. The van der Waals surface area contributed by atoms with Crippen molar-refractivity contribution in [1.29, 1.82) is 0 Å². The minimum atomic E-state index is -1.23. The first-order valence-electron chi connectivity index (χ1n) is 9.12. The van der Waals surface area contributed by atoms with Gasteiger partial charge in [-0.1, -0.05) is 52.0 Å². The molecular weight excluding hydrogens is 340 g/mol. The number of thiol groups is 1. The Bertz CT molecular complexity index is 363. The molecule has 0 saturated heterocycles. The van der Waals surface area contributed by atoms with Crippen molar-refractivity contribution in [3.8, 4) is 0 Å². The number of carbonyl (C=O) groups is 1. The largest absolute Gasteiger partial charge is 0.463 e. The Hall–Kier alpha value is -0.560. The van der Waals surface area contributed by atoms with E-state index in [4.69, 9.17) is 31.6 Å². The molecule has 0 aromatic rings. The van der Waals surface area contributed by atoms with Gasteiger partial charge in [0.25, 0.3) is 5.97 Å². The van der Waals surface area contributed by atoms with Crippen molar-refractivity contribution in [2.45, 2.75) is 75.4 Å². The monoisotopic (exact) mass is 376 g/mol. The fraction of sp³-hybridized carbons (Fsp3) is 0.842. The Kier molecular flexibility index (Phi) is 13.3. The van der Waals surface area contributed by atoms with E-state index in [1.54, 1.807) is 21.3 Å². The molecule has 0 unspecified atom stereocenters. The van der Waals surface area contributed by atoms with Crippen molar-refractivity contribution in [2.75, 3.05) is 27.9 Å². The van der Waals surface area contributed by atoms with Crippen LogP contribution in [-0.4, -0.2) is 44.6 Å². The van der Waals surface area contributed by atoms with E-state index in [2.05, 4.69) is 13.5 Å². The Labute approximate surface area is 158 Å². The lowest BCUT2D eigenvalue weighted by atomic mass is 9.91. The molecule has 0 N–H and O–H groups in total. The molecule has 0 aliphatic rings. The summed E-state index contributed by atoms with van der Waals surface area (Å²) in [6.07, 6.45) is 10.4. The Morgan fingerprint density at radius 1 is 0.960 bits per heavy atom. The lowest BCUT2D eigenvalue weighted by Crippen LogP contribution is -2.55. The van der Waals surface area contributed by atoms with E-state index in [1.165, 1.54) is 25.7 Å². The van der Waals surface area contributed by atoms with Crippen molar-refractivity contribution < 1.29 is 23.7 Å². The Morgan fingerprint density at radius 3 is 2.00 bits per heavy atom. The van der Waals surface area contributed by atoms with Crippen LogP contribution in [0.4, 0.5) is 0 Å². The van der Waals surface area contributed by atoms with Crippen LogP contribution in [0.2, 0.25) is 0 Å². The predicted octanol–water partition coefficient (Wildman–Crippen LogP) is 4.51. The molecule has 1 atom stereocenters. The summed E-state index contributed by atoms with van der Waals surface area (Å²) < 4.78 is 21.1. The summed E-state index contributed by atoms with van der Waals surface area (Å²) in [4.78, 5) is 11.2.